The smallest absolute Gasteiger partial charge is 0.231 e. The molecule has 1 fully saturated rings. The molecule has 2 aromatic heterocycles. The van der Waals surface area contributed by atoms with E-state index < -0.39 is 5.82 Å². The van der Waals surface area contributed by atoms with Crippen molar-refractivity contribution in [3.63, 3.8) is 0 Å². The number of carbonyl (C=O) groups excluding carboxylic acids is 1. The summed E-state index contributed by atoms with van der Waals surface area (Å²) in [5.74, 6) is 0.291. The minimum absolute atomic E-state index is 0.135. The van der Waals surface area contributed by atoms with E-state index in [4.69, 9.17) is 4.74 Å². The monoisotopic (exact) mass is 382 g/mol. The van der Waals surface area contributed by atoms with Crippen LogP contribution in [0.1, 0.15) is 38.5 Å². The van der Waals surface area contributed by atoms with Crippen molar-refractivity contribution in [2.75, 3.05) is 12.4 Å². The van der Waals surface area contributed by atoms with Crippen LogP contribution in [-0.2, 0) is 4.79 Å². The van der Waals surface area contributed by atoms with Gasteiger partial charge in [0.1, 0.15) is 5.82 Å². The fourth-order valence-electron chi connectivity index (χ4n) is 3.75. The highest BCUT2D eigenvalue weighted by Gasteiger charge is 2.18. The summed E-state index contributed by atoms with van der Waals surface area (Å²) >= 11 is 0. The van der Waals surface area contributed by atoms with Crippen molar-refractivity contribution in [2.24, 2.45) is 5.92 Å². The zero-order chi connectivity index (χ0) is 19.5. The van der Waals surface area contributed by atoms with E-state index in [1.807, 2.05) is 0 Å². The van der Waals surface area contributed by atoms with Crippen LogP contribution < -0.4 is 10.1 Å². The van der Waals surface area contributed by atoms with Crippen molar-refractivity contribution < 1.29 is 13.9 Å². The molecule has 3 aromatic rings. The molecule has 4 rings (SSSR count). The maximum atomic E-state index is 14.3. The summed E-state index contributed by atoms with van der Waals surface area (Å²) < 4.78 is 21.0. The summed E-state index contributed by atoms with van der Waals surface area (Å²) in [5, 5.41) is 7.02. The number of nitrogens with zero attached hydrogens (tertiary/aromatic N) is 3. The maximum absolute atomic E-state index is 14.3. The van der Waals surface area contributed by atoms with Crippen LogP contribution in [0.15, 0.2) is 36.5 Å². The Morgan fingerprint density at radius 2 is 2.07 bits per heavy atom. The van der Waals surface area contributed by atoms with E-state index in [0.29, 0.717) is 35.1 Å². The second-order valence-electron chi connectivity index (χ2n) is 7.26. The Morgan fingerprint density at radius 3 is 2.86 bits per heavy atom. The molecule has 0 atom stereocenters. The summed E-state index contributed by atoms with van der Waals surface area (Å²) in [6.07, 6.45) is 7.94. The van der Waals surface area contributed by atoms with Gasteiger partial charge in [-0.1, -0.05) is 19.3 Å². The molecule has 1 aliphatic carbocycles. The van der Waals surface area contributed by atoms with Gasteiger partial charge < -0.3 is 10.1 Å². The second-order valence-corrected chi connectivity index (χ2v) is 7.26. The lowest BCUT2D eigenvalue weighted by Crippen LogP contribution is -2.18. The number of carbonyl (C=O) groups is 1. The van der Waals surface area contributed by atoms with E-state index >= 15 is 0 Å². The van der Waals surface area contributed by atoms with Crippen molar-refractivity contribution >= 4 is 17.2 Å². The van der Waals surface area contributed by atoms with Crippen LogP contribution in [0.2, 0.25) is 0 Å². The molecule has 1 N–H and O–H groups in total. The van der Waals surface area contributed by atoms with Gasteiger partial charge in [0.05, 0.1) is 24.7 Å². The summed E-state index contributed by atoms with van der Waals surface area (Å²) in [6, 6.07) is 8.14. The number of anilines is 1. The van der Waals surface area contributed by atoms with E-state index in [0.717, 1.165) is 12.8 Å². The van der Waals surface area contributed by atoms with Crippen LogP contribution in [0.4, 0.5) is 10.1 Å². The first-order chi connectivity index (χ1) is 13.6. The quantitative estimate of drug-likeness (QED) is 0.708. The van der Waals surface area contributed by atoms with Gasteiger partial charge >= 0.3 is 0 Å². The fraction of sp³-hybridized carbons (Fsp3) is 0.381. The minimum Gasteiger partial charge on any atom is -0.480 e. The first-order valence-corrected chi connectivity index (χ1v) is 9.62. The third-order valence-corrected chi connectivity index (χ3v) is 5.24. The topological polar surface area (TPSA) is 68.5 Å². The molecule has 2 heterocycles. The van der Waals surface area contributed by atoms with Gasteiger partial charge in [-0.2, -0.15) is 0 Å². The van der Waals surface area contributed by atoms with Gasteiger partial charge in [0.15, 0.2) is 5.65 Å². The van der Waals surface area contributed by atoms with Crippen molar-refractivity contribution in [3.05, 3.63) is 42.3 Å². The molecule has 1 saturated carbocycles. The van der Waals surface area contributed by atoms with Crippen LogP contribution in [0.3, 0.4) is 0 Å². The molecule has 7 heteroatoms. The van der Waals surface area contributed by atoms with Crippen molar-refractivity contribution in [1.82, 2.24) is 14.6 Å². The molecule has 1 aromatic carbocycles. The Morgan fingerprint density at radius 1 is 1.25 bits per heavy atom. The Labute approximate surface area is 162 Å². The van der Waals surface area contributed by atoms with Gasteiger partial charge in [-0.15, -0.1) is 5.10 Å². The molecule has 0 bridgehead atoms. The van der Waals surface area contributed by atoms with Gasteiger partial charge in [-0.05, 0) is 43.0 Å². The Bertz CT molecular complexity index is 995. The molecule has 0 radical (unpaired) electrons. The van der Waals surface area contributed by atoms with Gasteiger partial charge in [0.25, 0.3) is 0 Å². The number of amides is 1. The molecular weight excluding hydrogens is 359 g/mol. The van der Waals surface area contributed by atoms with Gasteiger partial charge in [-0.25, -0.2) is 13.9 Å². The molecule has 28 heavy (non-hydrogen) atoms. The predicted molar refractivity (Wildman–Crippen MR) is 105 cm³/mol. The normalized spacial score (nSPS) is 14.9. The molecule has 6 nitrogen and oxygen atoms in total. The Hall–Kier alpha value is -2.96. The largest absolute Gasteiger partial charge is 0.480 e. The van der Waals surface area contributed by atoms with Gasteiger partial charge in [0, 0.05) is 18.1 Å². The minimum atomic E-state index is -0.454. The first kappa shape index (κ1) is 18.4. The van der Waals surface area contributed by atoms with E-state index in [-0.39, 0.29) is 11.6 Å². The Kier molecular flexibility index (Phi) is 5.23. The maximum Gasteiger partial charge on any atom is 0.231 e. The summed E-state index contributed by atoms with van der Waals surface area (Å²) in [5.41, 5.74) is 2.19. The van der Waals surface area contributed by atoms with Gasteiger partial charge in [-0.3, -0.25) is 4.79 Å². The van der Waals surface area contributed by atoms with E-state index in [2.05, 4.69) is 15.4 Å². The average molecular weight is 382 g/mol. The summed E-state index contributed by atoms with van der Waals surface area (Å²) in [6.45, 7) is 0. The number of aromatic nitrogens is 3. The van der Waals surface area contributed by atoms with E-state index in [1.54, 1.807) is 42.1 Å². The number of fused-ring (bicyclic) bond motifs is 1. The predicted octanol–water partition coefficient (Wildman–Crippen LogP) is 4.45. The third kappa shape index (κ3) is 3.98. The number of ether oxygens (including phenoxy) is 1. The van der Waals surface area contributed by atoms with Crippen LogP contribution in [-0.4, -0.2) is 27.6 Å². The number of methoxy groups -OCH3 is 1. The van der Waals surface area contributed by atoms with Crippen LogP contribution in [0, 0.1) is 11.7 Å². The lowest BCUT2D eigenvalue weighted by atomic mass is 9.87. The van der Waals surface area contributed by atoms with Crippen molar-refractivity contribution in [1.29, 1.82) is 0 Å². The second kappa shape index (κ2) is 7.96. The SMILES string of the molecule is COc1ccc2nc(-c3ccc(F)c(NC(=O)CC4CCCCC4)c3)cn2n1. The highest BCUT2D eigenvalue weighted by molar-refractivity contribution is 5.91. The highest BCUT2D eigenvalue weighted by Crippen LogP contribution is 2.28. The summed E-state index contributed by atoms with van der Waals surface area (Å²) in [7, 11) is 1.55. The van der Waals surface area contributed by atoms with Crippen LogP contribution >= 0.6 is 0 Å². The number of halogens is 1. The number of hydrogen-bond acceptors (Lipinski definition) is 4. The highest BCUT2D eigenvalue weighted by atomic mass is 19.1. The number of imidazole rings is 1. The molecular formula is C21H23FN4O2. The lowest BCUT2D eigenvalue weighted by molar-refractivity contribution is -0.117. The molecule has 0 unspecified atom stereocenters. The van der Waals surface area contributed by atoms with E-state index in [1.165, 1.54) is 25.3 Å². The number of rotatable bonds is 5. The molecule has 1 amide bonds. The zero-order valence-electron chi connectivity index (χ0n) is 15.8. The molecule has 146 valence electrons. The average Bonchev–Trinajstić information content (AvgIpc) is 3.13. The van der Waals surface area contributed by atoms with E-state index in [9.17, 15) is 9.18 Å². The third-order valence-electron chi connectivity index (χ3n) is 5.24. The Balaban J connectivity index is 1.54. The number of benzene rings is 1. The van der Waals surface area contributed by atoms with Crippen LogP contribution in [0.25, 0.3) is 16.9 Å². The van der Waals surface area contributed by atoms with Gasteiger partial charge in [0.2, 0.25) is 11.8 Å². The standard InChI is InChI=1S/C21H23FN4O2/c1-28-21-10-9-19-23-18(13-26(19)25-21)15-7-8-16(22)17(12-15)24-20(27)11-14-5-3-2-4-6-14/h7-10,12-14H,2-6,11H2,1H3,(H,24,27). The van der Waals surface area contributed by atoms with Crippen molar-refractivity contribution in [3.8, 4) is 17.1 Å². The molecule has 0 aliphatic heterocycles. The van der Waals surface area contributed by atoms with Crippen LogP contribution in [0.5, 0.6) is 5.88 Å². The fourth-order valence-corrected chi connectivity index (χ4v) is 3.75. The first-order valence-electron chi connectivity index (χ1n) is 9.62. The number of hydrogen-bond donors (Lipinski definition) is 1. The van der Waals surface area contributed by atoms with Crippen molar-refractivity contribution in [2.45, 2.75) is 38.5 Å². The lowest BCUT2D eigenvalue weighted by Gasteiger charge is -2.20. The zero-order valence-corrected chi connectivity index (χ0v) is 15.8. The molecule has 0 spiro atoms. The number of nitrogens with one attached hydrogen (secondary N) is 1. The molecule has 0 saturated heterocycles. The summed E-state index contributed by atoms with van der Waals surface area (Å²) in [4.78, 5) is 16.9. The molecule has 1 aliphatic rings.